The molecule has 0 fully saturated rings. The number of hydrogen-bond donors (Lipinski definition) is 2. The first-order valence-electron chi connectivity index (χ1n) is 5.48. The number of carboxylic acids is 1. The lowest BCUT2D eigenvalue weighted by atomic mass is 10.2. The topological polar surface area (TPSA) is 83.5 Å². The van der Waals surface area contributed by atoms with Gasteiger partial charge in [-0.3, -0.25) is 13.8 Å². The summed E-state index contributed by atoms with van der Waals surface area (Å²) < 4.78 is 11.2. The van der Waals surface area contributed by atoms with Gasteiger partial charge in [0.15, 0.2) is 0 Å². The van der Waals surface area contributed by atoms with Crippen molar-refractivity contribution in [1.82, 2.24) is 0 Å². The van der Waals surface area contributed by atoms with Crippen LogP contribution in [0.25, 0.3) is 0 Å². The molecule has 0 spiro atoms. The van der Waals surface area contributed by atoms with Crippen LogP contribution in [0.1, 0.15) is 18.4 Å². The fourth-order valence-electron chi connectivity index (χ4n) is 1.43. The number of halogens is 1. The molecule has 0 aromatic heterocycles. The number of anilines is 1. The van der Waals surface area contributed by atoms with Crippen LogP contribution in [-0.2, 0) is 26.1 Å². The van der Waals surface area contributed by atoms with Gasteiger partial charge in [0.05, 0.1) is 6.42 Å². The van der Waals surface area contributed by atoms with Gasteiger partial charge in [-0.25, -0.2) is 0 Å². The highest BCUT2D eigenvalue weighted by atomic mass is 35.5. The van der Waals surface area contributed by atoms with E-state index in [-0.39, 0.29) is 18.7 Å². The number of rotatable bonds is 6. The van der Waals surface area contributed by atoms with Gasteiger partial charge in [-0.1, -0.05) is 11.6 Å². The Morgan fingerprint density at radius 1 is 1.37 bits per heavy atom. The van der Waals surface area contributed by atoms with Gasteiger partial charge in [0.1, 0.15) is 0 Å². The predicted molar refractivity (Wildman–Crippen MR) is 74.7 cm³/mol. The molecule has 1 unspecified atom stereocenters. The van der Waals surface area contributed by atoms with E-state index in [0.29, 0.717) is 22.0 Å². The molecule has 0 radical (unpaired) electrons. The van der Waals surface area contributed by atoms with Crippen LogP contribution in [0.4, 0.5) is 5.69 Å². The summed E-state index contributed by atoms with van der Waals surface area (Å²) in [5.41, 5.74) is 1.19. The zero-order valence-corrected chi connectivity index (χ0v) is 11.9. The van der Waals surface area contributed by atoms with Gasteiger partial charge >= 0.3 is 5.97 Å². The van der Waals surface area contributed by atoms with E-state index in [1.165, 1.54) is 0 Å². The number of nitrogens with one attached hydrogen (secondary N) is 1. The van der Waals surface area contributed by atoms with Crippen molar-refractivity contribution in [2.75, 3.05) is 11.6 Å². The Kier molecular flexibility index (Phi) is 5.98. The highest BCUT2D eigenvalue weighted by Gasteiger charge is 2.08. The van der Waals surface area contributed by atoms with E-state index in [4.69, 9.17) is 16.7 Å². The average molecular weight is 304 g/mol. The second kappa shape index (κ2) is 7.25. The average Bonchev–Trinajstić information content (AvgIpc) is 2.30. The Balaban J connectivity index is 2.71. The molecule has 0 aliphatic heterocycles. The maximum absolute atomic E-state index is 11.5. The van der Waals surface area contributed by atoms with Crippen LogP contribution >= 0.6 is 11.6 Å². The van der Waals surface area contributed by atoms with Crippen LogP contribution in [0.3, 0.4) is 0 Å². The molecule has 1 rings (SSSR count). The van der Waals surface area contributed by atoms with Crippen molar-refractivity contribution in [1.29, 1.82) is 0 Å². The molecule has 0 bridgehead atoms. The van der Waals surface area contributed by atoms with Crippen LogP contribution < -0.4 is 5.32 Å². The Bertz CT molecular complexity index is 518. The number of hydrogen-bond acceptors (Lipinski definition) is 3. The van der Waals surface area contributed by atoms with E-state index in [2.05, 4.69) is 5.32 Å². The Morgan fingerprint density at radius 2 is 2.05 bits per heavy atom. The standard InChI is InChI=1S/C12H14ClNO4S/c1-19(18)7-8-6-9(2-3-10(8)13)14-11(15)4-5-12(16)17/h2-3,6H,4-5,7H2,1H3,(H,14,15)(H,16,17). The fraction of sp³-hybridized carbons (Fsp3) is 0.333. The minimum Gasteiger partial charge on any atom is -0.481 e. The van der Waals surface area contributed by atoms with Crippen molar-refractivity contribution < 1.29 is 18.9 Å². The third kappa shape index (κ3) is 5.85. The summed E-state index contributed by atoms with van der Waals surface area (Å²) in [5.74, 6) is -1.10. The maximum atomic E-state index is 11.5. The number of benzene rings is 1. The molecule has 5 nitrogen and oxygen atoms in total. The molecule has 2 N–H and O–H groups in total. The van der Waals surface area contributed by atoms with E-state index in [1.54, 1.807) is 24.5 Å². The normalized spacial score (nSPS) is 11.9. The Hall–Kier alpha value is -1.40. The SMILES string of the molecule is CS(=O)Cc1cc(NC(=O)CCC(=O)O)ccc1Cl. The predicted octanol–water partition coefficient (Wildman–Crippen LogP) is 2.02. The highest BCUT2D eigenvalue weighted by molar-refractivity contribution is 7.83. The third-order valence-electron chi connectivity index (χ3n) is 2.25. The zero-order valence-electron chi connectivity index (χ0n) is 10.3. The lowest BCUT2D eigenvalue weighted by molar-refractivity contribution is -0.138. The Labute approximate surface area is 118 Å². The minimum absolute atomic E-state index is 0.0903. The molecule has 104 valence electrons. The van der Waals surface area contributed by atoms with Gasteiger partial charge in [0.25, 0.3) is 0 Å². The Morgan fingerprint density at radius 3 is 2.63 bits per heavy atom. The molecule has 7 heteroatoms. The molecule has 0 heterocycles. The molecule has 19 heavy (non-hydrogen) atoms. The number of aliphatic carboxylic acids is 1. The van der Waals surface area contributed by atoms with E-state index in [9.17, 15) is 13.8 Å². The first kappa shape index (κ1) is 15.7. The van der Waals surface area contributed by atoms with Crippen LogP contribution in [0.2, 0.25) is 5.02 Å². The smallest absolute Gasteiger partial charge is 0.303 e. The van der Waals surface area contributed by atoms with Crippen molar-refractivity contribution in [2.24, 2.45) is 0 Å². The highest BCUT2D eigenvalue weighted by Crippen LogP contribution is 2.22. The lowest BCUT2D eigenvalue weighted by Crippen LogP contribution is -2.13. The zero-order chi connectivity index (χ0) is 14.4. The fourth-order valence-corrected chi connectivity index (χ4v) is 2.37. The minimum atomic E-state index is -1.03. The molecular formula is C12H14ClNO4S. The second-order valence-electron chi connectivity index (χ2n) is 3.97. The van der Waals surface area contributed by atoms with E-state index in [1.807, 2.05) is 0 Å². The number of amides is 1. The lowest BCUT2D eigenvalue weighted by Gasteiger charge is -2.08. The largest absolute Gasteiger partial charge is 0.481 e. The molecule has 0 aliphatic rings. The molecular weight excluding hydrogens is 290 g/mol. The van der Waals surface area contributed by atoms with E-state index < -0.39 is 16.8 Å². The van der Waals surface area contributed by atoms with Crippen LogP contribution in [0.5, 0.6) is 0 Å². The number of carboxylic acid groups (broad SMARTS) is 1. The molecule has 1 atom stereocenters. The van der Waals surface area contributed by atoms with Crippen molar-refractivity contribution in [2.45, 2.75) is 18.6 Å². The second-order valence-corrected chi connectivity index (χ2v) is 5.81. The van der Waals surface area contributed by atoms with Crippen molar-refractivity contribution in [3.8, 4) is 0 Å². The van der Waals surface area contributed by atoms with Gasteiger partial charge in [-0.2, -0.15) is 0 Å². The van der Waals surface area contributed by atoms with Crippen LogP contribution in [0.15, 0.2) is 18.2 Å². The first-order chi connectivity index (χ1) is 8.88. The molecule has 0 saturated carbocycles. The summed E-state index contributed by atoms with van der Waals surface area (Å²) in [5, 5.41) is 11.5. The first-order valence-corrected chi connectivity index (χ1v) is 7.59. The summed E-state index contributed by atoms with van der Waals surface area (Å²) >= 11 is 5.95. The van der Waals surface area contributed by atoms with Gasteiger partial charge in [0.2, 0.25) is 5.91 Å². The van der Waals surface area contributed by atoms with Crippen molar-refractivity contribution in [3.05, 3.63) is 28.8 Å². The van der Waals surface area contributed by atoms with E-state index in [0.717, 1.165) is 0 Å². The van der Waals surface area contributed by atoms with Crippen LogP contribution in [-0.4, -0.2) is 27.4 Å². The van der Waals surface area contributed by atoms with Gasteiger partial charge < -0.3 is 10.4 Å². The molecule has 0 saturated heterocycles. The number of carbonyl (C=O) groups is 2. The molecule has 1 aromatic carbocycles. The van der Waals surface area contributed by atoms with Crippen LogP contribution in [0, 0.1) is 0 Å². The summed E-state index contributed by atoms with van der Waals surface area (Å²) in [7, 11) is -1.03. The quantitative estimate of drug-likeness (QED) is 0.842. The van der Waals surface area contributed by atoms with Crippen molar-refractivity contribution >= 4 is 40.0 Å². The summed E-state index contributed by atoms with van der Waals surface area (Å²) in [6, 6.07) is 4.86. The van der Waals surface area contributed by atoms with E-state index >= 15 is 0 Å². The molecule has 1 aromatic rings. The summed E-state index contributed by atoms with van der Waals surface area (Å²) in [6.45, 7) is 0. The summed E-state index contributed by atoms with van der Waals surface area (Å²) in [6.07, 6.45) is 1.26. The summed E-state index contributed by atoms with van der Waals surface area (Å²) in [4.78, 5) is 21.8. The third-order valence-corrected chi connectivity index (χ3v) is 3.34. The molecule has 1 amide bonds. The van der Waals surface area contributed by atoms with Gasteiger partial charge in [0, 0.05) is 39.9 Å². The maximum Gasteiger partial charge on any atom is 0.303 e. The number of carbonyl (C=O) groups excluding carboxylic acids is 1. The van der Waals surface area contributed by atoms with Gasteiger partial charge in [-0.15, -0.1) is 0 Å². The van der Waals surface area contributed by atoms with Crippen molar-refractivity contribution in [3.63, 3.8) is 0 Å². The monoisotopic (exact) mass is 303 g/mol. The van der Waals surface area contributed by atoms with Gasteiger partial charge in [-0.05, 0) is 23.8 Å². The molecule has 0 aliphatic carbocycles.